The zero-order chi connectivity index (χ0) is 9.56. The predicted molar refractivity (Wildman–Crippen MR) is 45.3 cm³/mol. The van der Waals surface area contributed by atoms with Crippen molar-refractivity contribution >= 4 is 16.7 Å². The first-order valence-corrected chi connectivity index (χ1v) is 4.90. The van der Waals surface area contributed by atoms with E-state index in [2.05, 4.69) is 4.74 Å². The Morgan fingerprint density at radius 2 is 2.08 bits per heavy atom. The molecule has 0 N–H and O–H groups in total. The van der Waals surface area contributed by atoms with Crippen LogP contribution in [0.5, 0.6) is 0 Å². The van der Waals surface area contributed by atoms with Gasteiger partial charge < -0.3 is 4.74 Å². The van der Waals surface area contributed by atoms with E-state index in [-0.39, 0.29) is 0 Å². The average Bonchev–Trinajstić information content (AvgIpc) is 2.00. The molecule has 0 rings (SSSR count). The van der Waals surface area contributed by atoms with Crippen LogP contribution in [0.3, 0.4) is 0 Å². The van der Waals surface area contributed by atoms with Crippen LogP contribution in [0.4, 0.5) is 0 Å². The van der Waals surface area contributed by atoms with Crippen LogP contribution in [0.15, 0.2) is 11.6 Å². The van der Waals surface area contributed by atoms with Gasteiger partial charge in [0.1, 0.15) is 0 Å². The molecule has 0 amide bonds. The van der Waals surface area contributed by atoms with Gasteiger partial charge in [-0.25, -0.2) is 13.2 Å². The normalized spacial score (nSPS) is 11.8. The molecule has 0 heterocycles. The van der Waals surface area contributed by atoms with Gasteiger partial charge in [0.15, 0.2) is 16.6 Å². The SMILES string of the molecule is CCC=C(C)C(=O)OC[SH](=O)=O. The van der Waals surface area contributed by atoms with E-state index < -0.39 is 22.6 Å². The van der Waals surface area contributed by atoms with E-state index in [1.807, 2.05) is 6.92 Å². The summed E-state index contributed by atoms with van der Waals surface area (Å²) in [7, 11) is -2.64. The van der Waals surface area contributed by atoms with Crippen LogP contribution in [0.1, 0.15) is 20.3 Å². The van der Waals surface area contributed by atoms with Gasteiger partial charge in [0.2, 0.25) is 0 Å². The molecule has 0 radical (unpaired) electrons. The second-order valence-corrected chi connectivity index (χ2v) is 3.11. The molecule has 0 aliphatic heterocycles. The van der Waals surface area contributed by atoms with Gasteiger partial charge in [-0.1, -0.05) is 13.0 Å². The lowest BCUT2D eigenvalue weighted by molar-refractivity contribution is -0.136. The van der Waals surface area contributed by atoms with Crippen molar-refractivity contribution in [1.82, 2.24) is 0 Å². The molecule has 5 heteroatoms. The highest BCUT2D eigenvalue weighted by Gasteiger charge is 2.04. The zero-order valence-corrected chi connectivity index (χ0v) is 7.97. The summed E-state index contributed by atoms with van der Waals surface area (Å²) in [5.41, 5.74) is 0.439. The van der Waals surface area contributed by atoms with E-state index in [0.29, 0.717) is 5.57 Å². The van der Waals surface area contributed by atoms with Crippen molar-refractivity contribution in [3.05, 3.63) is 11.6 Å². The molecular formula is C7H12O4S. The summed E-state index contributed by atoms with van der Waals surface area (Å²) in [6.45, 7) is 3.47. The number of esters is 1. The van der Waals surface area contributed by atoms with E-state index in [4.69, 9.17) is 0 Å². The van der Waals surface area contributed by atoms with Crippen LogP contribution in [0.2, 0.25) is 0 Å². The summed E-state index contributed by atoms with van der Waals surface area (Å²) < 4.78 is 24.5. The number of carbonyl (C=O) groups excluding carboxylic acids is 1. The van der Waals surface area contributed by atoms with Crippen LogP contribution >= 0.6 is 0 Å². The molecule has 0 unspecified atom stereocenters. The highest BCUT2D eigenvalue weighted by Crippen LogP contribution is 1.97. The second kappa shape index (κ2) is 5.77. The van der Waals surface area contributed by atoms with Crippen molar-refractivity contribution in [3.63, 3.8) is 0 Å². The number of carbonyl (C=O) groups is 1. The molecule has 0 aromatic heterocycles. The Hall–Kier alpha value is -0.840. The topological polar surface area (TPSA) is 60.4 Å². The molecule has 70 valence electrons. The fourth-order valence-corrected chi connectivity index (χ4v) is 0.837. The Morgan fingerprint density at radius 3 is 2.50 bits per heavy atom. The molecular weight excluding hydrogens is 180 g/mol. The van der Waals surface area contributed by atoms with Crippen molar-refractivity contribution < 1.29 is 17.9 Å². The van der Waals surface area contributed by atoms with Crippen molar-refractivity contribution in [2.75, 3.05) is 5.94 Å². The first-order valence-electron chi connectivity index (χ1n) is 3.53. The molecule has 0 aromatic rings. The number of allylic oxidation sites excluding steroid dienone is 1. The second-order valence-electron chi connectivity index (χ2n) is 2.19. The van der Waals surface area contributed by atoms with E-state index in [1.54, 1.807) is 13.0 Å². The van der Waals surface area contributed by atoms with Crippen molar-refractivity contribution in [2.45, 2.75) is 20.3 Å². The molecule has 0 saturated heterocycles. The fraction of sp³-hybridized carbons (Fsp3) is 0.571. The van der Waals surface area contributed by atoms with Crippen molar-refractivity contribution in [2.24, 2.45) is 0 Å². The lowest BCUT2D eigenvalue weighted by Crippen LogP contribution is -2.07. The fourth-order valence-electron chi connectivity index (χ4n) is 0.615. The van der Waals surface area contributed by atoms with E-state index >= 15 is 0 Å². The Kier molecular flexibility index (Phi) is 5.36. The zero-order valence-electron chi connectivity index (χ0n) is 7.07. The Morgan fingerprint density at radius 1 is 1.50 bits per heavy atom. The summed E-state index contributed by atoms with van der Waals surface area (Å²) in [6.07, 6.45) is 2.41. The third kappa shape index (κ3) is 4.90. The molecule has 0 aromatic carbocycles. The van der Waals surface area contributed by atoms with Crippen molar-refractivity contribution in [3.8, 4) is 0 Å². The first kappa shape index (κ1) is 11.2. The third-order valence-electron chi connectivity index (χ3n) is 1.13. The van der Waals surface area contributed by atoms with E-state index in [0.717, 1.165) is 6.42 Å². The Balaban J connectivity index is 3.96. The number of hydrogen-bond donors (Lipinski definition) is 1. The van der Waals surface area contributed by atoms with Gasteiger partial charge in [-0.2, -0.15) is 0 Å². The number of rotatable bonds is 4. The lowest BCUT2D eigenvalue weighted by Gasteiger charge is -1.99. The van der Waals surface area contributed by atoms with Crippen LogP contribution in [-0.4, -0.2) is 20.3 Å². The molecule has 0 aliphatic carbocycles. The largest absolute Gasteiger partial charge is 0.446 e. The maximum atomic E-state index is 10.9. The minimum absolute atomic E-state index is 0.439. The summed E-state index contributed by atoms with van der Waals surface area (Å²) in [6, 6.07) is 0. The quantitative estimate of drug-likeness (QED) is 0.399. The van der Waals surface area contributed by atoms with Gasteiger partial charge in [-0.15, -0.1) is 0 Å². The molecule has 0 aliphatic rings. The molecule has 0 fully saturated rings. The minimum Gasteiger partial charge on any atom is -0.446 e. The Labute approximate surface area is 73.2 Å². The monoisotopic (exact) mass is 192 g/mol. The van der Waals surface area contributed by atoms with E-state index in [1.165, 1.54) is 0 Å². The van der Waals surface area contributed by atoms with Crippen LogP contribution in [0.25, 0.3) is 0 Å². The van der Waals surface area contributed by atoms with Gasteiger partial charge in [-0.05, 0) is 13.3 Å². The van der Waals surface area contributed by atoms with Crippen LogP contribution < -0.4 is 0 Å². The molecule has 12 heavy (non-hydrogen) atoms. The predicted octanol–water partition coefficient (Wildman–Crippen LogP) is 0.455. The highest BCUT2D eigenvalue weighted by atomic mass is 32.2. The average molecular weight is 192 g/mol. The van der Waals surface area contributed by atoms with Gasteiger partial charge in [-0.3, -0.25) is 0 Å². The molecule has 0 atom stereocenters. The van der Waals surface area contributed by atoms with Crippen LogP contribution in [0, 0.1) is 0 Å². The number of hydrogen-bond acceptors (Lipinski definition) is 4. The smallest absolute Gasteiger partial charge is 0.334 e. The van der Waals surface area contributed by atoms with Gasteiger partial charge in [0.25, 0.3) is 0 Å². The molecule has 0 bridgehead atoms. The Bertz CT molecular complexity index is 244. The number of ether oxygens (including phenoxy) is 1. The minimum atomic E-state index is -2.64. The van der Waals surface area contributed by atoms with Gasteiger partial charge >= 0.3 is 5.97 Å². The standard InChI is InChI=1S/C7H12O4S/c1-3-4-6(2)7(8)11-5-12(9)10/h4,12H,3,5H2,1-2H3. The molecule has 4 nitrogen and oxygen atoms in total. The highest BCUT2D eigenvalue weighted by molar-refractivity contribution is 7.72. The summed E-state index contributed by atoms with van der Waals surface area (Å²) in [4.78, 5) is 10.9. The lowest BCUT2D eigenvalue weighted by atomic mass is 10.2. The summed E-state index contributed by atoms with van der Waals surface area (Å²) in [5.74, 6) is -1.11. The van der Waals surface area contributed by atoms with E-state index in [9.17, 15) is 13.2 Å². The molecule has 0 saturated carbocycles. The van der Waals surface area contributed by atoms with Crippen molar-refractivity contribution in [1.29, 1.82) is 0 Å². The van der Waals surface area contributed by atoms with Gasteiger partial charge in [0, 0.05) is 5.57 Å². The van der Waals surface area contributed by atoms with Gasteiger partial charge in [0.05, 0.1) is 0 Å². The van der Waals surface area contributed by atoms with Crippen LogP contribution in [-0.2, 0) is 20.2 Å². The number of thiol groups is 1. The maximum Gasteiger partial charge on any atom is 0.334 e. The maximum absolute atomic E-state index is 10.9. The first-order chi connectivity index (χ1) is 5.57. The molecule has 0 spiro atoms. The third-order valence-corrected chi connectivity index (χ3v) is 1.47. The summed E-state index contributed by atoms with van der Waals surface area (Å²) >= 11 is 0. The summed E-state index contributed by atoms with van der Waals surface area (Å²) in [5, 5.41) is 0.